The summed E-state index contributed by atoms with van der Waals surface area (Å²) in [4.78, 5) is 35.9. The molecule has 11 nitrogen and oxygen atoms in total. The number of nitro benzene ring substituents is 1. The number of aromatic amines is 1. The third kappa shape index (κ3) is 3.37. The number of rotatable bonds is 5. The van der Waals surface area contributed by atoms with Gasteiger partial charge in [-0.05, 0) is 25.1 Å². The number of nitro groups is 1. The van der Waals surface area contributed by atoms with Gasteiger partial charge in [0, 0.05) is 13.1 Å². The van der Waals surface area contributed by atoms with E-state index in [0.29, 0.717) is 11.4 Å². The second-order valence-electron chi connectivity index (χ2n) is 6.60. The van der Waals surface area contributed by atoms with E-state index >= 15 is 0 Å². The zero-order chi connectivity index (χ0) is 22.1. The molecule has 1 N–H and O–H groups in total. The van der Waals surface area contributed by atoms with Gasteiger partial charge in [-0.2, -0.15) is 0 Å². The fourth-order valence-electron chi connectivity index (χ4n) is 3.18. The Bertz CT molecular complexity index is 1420. The highest BCUT2D eigenvalue weighted by Crippen LogP contribution is 2.33. The Labute approximate surface area is 174 Å². The van der Waals surface area contributed by atoms with Gasteiger partial charge in [0.05, 0.1) is 21.9 Å². The molecule has 0 saturated heterocycles. The molecule has 0 unspecified atom stereocenters. The molecule has 2 aromatic carbocycles. The molecule has 4 aromatic rings. The molecule has 11 heteroatoms. The Morgan fingerprint density at radius 3 is 2.35 bits per heavy atom. The molecule has 0 atom stereocenters. The smallest absolute Gasteiger partial charge is 0.336 e. The maximum atomic E-state index is 12.9. The van der Waals surface area contributed by atoms with Gasteiger partial charge in [0.25, 0.3) is 11.2 Å². The second-order valence-corrected chi connectivity index (χ2v) is 6.60. The van der Waals surface area contributed by atoms with Crippen LogP contribution in [0.3, 0.4) is 0 Å². The number of benzene rings is 2. The molecule has 0 aliphatic rings. The number of H-pyrrole nitrogens is 1. The molecule has 156 valence electrons. The first-order valence-electron chi connectivity index (χ1n) is 9.11. The highest BCUT2D eigenvalue weighted by Gasteiger charge is 2.23. The van der Waals surface area contributed by atoms with E-state index in [9.17, 15) is 19.7 Å². The van der Waals surface area contributed by atoms with Crippen LogP contribution in [0.25, 0.3) is 16.9 Å². The highest BCUT2D eigenvalue weighted by molar-refractivity contribution is 5.78. The monoisotopic (exact) mass is 420 g/mol. The predicted molar refractivity (Wildman–Crippen MR) is 111 cm³/mol. The lowest BCUT2D eigenvalue weighted by Gasteiger charge is -2.07. The minimum atomic E-state index is -0.867. The summed E-state index contributed by atoms with van der Waals surface area (Å²) in [6.45, 7) is 1.69. The van der Waals surface area contributed by atoms with E-state index in [1.165, 1.54) is 22.9 Å². The molecule has 31 heavy (non-hydrogen) atoms. The van der Waals surface area contributed by atoms with Crippen LogP contribution in [0.15, 0.2) is 78.9 Å². The van der Waals surface area contributed by atoms with Crippen LogP contribution < -0.4 is 11.2 Å². The molecule has 0 aliphatic heterocycles. The minimum Gasteiger partial charge on any atom is -0.336 e. The van der Waals surface area contributed by atoms with E-state index in [1.54, 1.807) is 49.0 Å². The van der Waals surface area contributed by atoms with E-state index in [-0.39, 0.29) is 28.3 Å². The van der Waals surface area contributed by atoms with Crippen molar-refractivity contribution >= 4 is 17.1 Å². The Morgan fingerprint density at radius 2 is 1.65 bits per heavy atom. The molecule has 0 radical (unpaired) electrons. The standard InChI is InChI=1S/C20H16N6O5/c1-12-16(19(27)25(24(12)2)13-8-4-3-5-9-13)21-22-18-17(23-31-20(18)28)14-10-6-7-11-15(14)26(29)30/h3-11,23H,1-2H3. The van der Waals surface area contributed by atoms with Crippen molar-refractivity contribution < 1.29 is 9.45 Å². The average Bonchev–Trinajstić information content (AvgIpc) is 3.24. The van der Waals surface area contributed by atoms with E-state index in [1.807, 2.05) is 6.07 Å². The van der Waals surface area contributed by atoms with Gasteiger partial charge in [-0.1, -0.05) is 30.3 Å². The molecule has 0 fully saturated rings. The summed E-state index contributed by atoms with van der Waals surface area (Å²) >= 11 is 0. The van der Waals surface area contributed by atoms with Crippen molar-refractivity contribution in [1.82, 2.24) is 14.5 Å². The van der Waals surface area contributed by atoms with E-state index in [2.05, 4.69) is 15.4 Å². The normalized spacial score (nSPS) is 11.3. The SMILES string of the molecule is Cc1c(N=Nc2c(-c3ccccc3[N+](=O)[O-])[nH]oc2=O)c(=O)n(-c2ccccc2)n1C. The second kappa shape index (κ2) is 7.71. The molecule has 0 amide bonds. The number of para-hydroxylation sites is 2. The molecule has 2 heterocycles. The third-order valence-electron chi connectivity index (χ3n) is 4.82. The summed E-state index contributed by atoms with van der Waals surface area (Å²) in [5.41, 5.74) is -0.513. The van der Waals surface area contributed by atoms with Crippen LogP contribution in [-0.4, -0.2) is 19.4 Å². The molecular formula is C20H16N6O5. The van der Waals surface area contributed by atoms with Gasteiger partial charge in [0.15, 0.2) is 11.4 Å². The lowest BCUT2D eigenvalue weighted by molar-refractivity contribution is -0.384. The Balaban J connectivity index is 1.83. The molecular weight excluding hydrogens is 404 g/mol. The molecule has 0 aliphatic carbocycles. The maximum Gasteiger partial charge on any atom is 0.385 e. The number of aromatic nitrogens is 3. The largest absolute Gasteiger partial charge is 0.385 e. The molecule has 0 bridgehead atoms. The summed E-state index contributed by atoms with van der Waals surface area (Å²) in [6.07, 6.45) is 0. The first-order valence-corrected chi connectivity index (χ1v) is 9.11. The maximum absolute atomic E-state index is 12.9. The predicted octanol–water partition coefficient (Wildman–Crippen LogP) is 3.76. The van der Waals surface area contributed by atoms with E-state index < -0.39 is 16.1 Å². The van der Waals surface area contributed by atoms with Gasteiger partial charge < -0.3 is 4.52 Å². The van der Waals surface area contributed by atoms with Gasteiger partial charge in [-0.15, -0.1) is 10.2 Å². The van der Waals surface area contributed by atoms with Gasteiger partial charge >= 0.3 is 5.63 Å². The Hall–Kier alpha value is -4.54. The first kappa shape index (κ1) is 19.8. The van der Waals surface area contributed by atoms with Crippen molar-refractivity contribution in [3.63, 3.8) is 0 Å². The van der Waals surface area contributed by atoms with Crippen molar-refractivity contribution in [3.05, 3.63) is 91.2 Å². The number of hydrogen-bond donors (Lipinski definition) is 1. The van der Waals surface area contributed by atoms with Gasteiger partial charge in [-0.25, -0.2) is 14.6 Å². The number of nitrogens with zero attached hydrogens (tertiary/aromatic N) is 5. The van der Waals surface area contributed by atoms with Crippen molar-refractivity contribution in [3.8, 4) is 16.9 Å². The average molecular weight is 420 g/mol. The topological polar surface area (TPSA) is 141 Å². The summed E-state index contributed by atoms with van der Waals surface area (Å²) in [7, 11) is 1.70. The molecule has 0 saturated carbocycles. The van der Waals surface area contributed by atoms with Gasteiger partial charge in [-0.3, -0.25) is 19.6 Å². The number of nitrogens with one attached hydrogen (secondary N) is 1. The van der Waals surface area contributed by atoms with Crippen molar-refractivity contribution in [2.24, 2.45) is 17.3 Å². The van der Waals surface area contributed by atoms with E-state index in [0.717, 1.165) is 0 Å². The van der Waals surface area contributed by atoms with Crippen LogP contribution in [0.4, 0.5) is 17.1 Å². The van der Waals surface area contributed by atoms with Crippen LogP contribution >= 0.6 is 0 Å². The highest BCUT2D eigenvalue weighted by atomic mass is 16.6. The minimum absolute atomic E-state index is 0.00183. The van der Waals surface area contributed by atoms with Gasteiger partial charge in [0.1, 0.15) is 5.69 Å². The number of azo groups is 1. The van der Waals surface area contributed by atoms with Crippen molar-refractivity contribution in [2.75, 3.05) is 0 Å². The summed E-state index contributed by atoms with van der Waals surface area (Å²) in [5, 5.41) is 21.6. The van der Waals surface area contributed by atoms with Crippen LogP contribution in [0.1, 0.15) is 5.69 Å². The zero-order valence-electron chi connectivity index (χ0n) is 16.5. The first-order chi connectivity index (χ1) is 14.9. The molecule has 0 spiro atoms. The van der Waals surface area contributed by atoms with Crippen LogP contribution in [0, 0.1) is 17.0 Å². The zero-order valence-corrected chi connectivity index (χ0v) is 16.5. The summed E-state index contributed by atoms with van der Waals surface area (Å²) in [6, 6.07) is 14.8. The third-order valence-corrected chi connectivity index (χ3v) is 4.82. The molecule has 4 rings (SSSR count). The Morgan fingerprint density at radius 1 is 1.00 bits per heavy atom. The summed E-state index contributed by atoms with van der Waals surface area (Å²) < 4.78 is 7.83. The van der Waals surface area contributed by atoms with Crippen LogP contribution in [0.5, 0.6) is 0 Å². The van der Waals surface area contributed by atoms with Gasteiger partial charge in [0.2, 0.25) is 0 Å². The fraction of sp³-hybridized carbons (Fsp3) is 0.100. The lowest BCUT2D eigenvalue weighted by Crippen LogP contribution is -2.19. The van der Waals surface area contributed by atoms with E-state index in [4.69, 9.17) is 4.52 Å². The van der Waals surface area contributed by atoms with Crippen molar-refractivity contribution in [2.45, 2.75) is 6.92 Å². The van der Waals surface area contributed by atoms with Crippen molar-refractivity contribution in [1.29, 1.82) is 0 Å². The quantitative estimate of drug-likeness (QED) is 0.297. The summed E-state index contributed by atoms with van der Waals surface area (Å²) in [5.74, 6) is 0. The number of hydrogen-bond acceptors (Lipinski definition) is 7. The Kier molecular flexibility index (Phi) is 4.91. The van der Waals surface area contributed by atoms with Crippen LogP contribution in [0.2, 0.25) is 0 Å². The lowest BCUT2D eigenvalue weighted by atomic mass is 10.1. The van der Waals surface area contributed by atoms with Crippen LogP contribution in [-0.2, 0) is 7.05 Å². The molecule has 2 aromatic heterocycles. The fourth-order valence-corrected chi connectivity index (χ4v) is 3.18.